The minimum Gasteiger partial charge on any atom is -0.469 e. The van der Waals surface area contributed by atoms with E-state index >= 15 is 0 Å². The lowest BCUT2D eigenvalue weighted by molar-refractivity contribution is -0.140. The number of amides is 1. The minimum atomic E-state index is -2.99. The topological polar surface area (TPSA) is 77.8 Å². The van der Waals surface area contributed by atoms with Crippen LogP contribution in [0.2, 0.25) is 0 Å². The van der Waals surface area contributed by atoms with Crippen LogP contribution in [0.3, 0.4) is 0 Å². The Morgan fingerprint density at radius 2 is 2.00 bits per heavy atom. The van der Waals surface area contributed by atoms with Gasteiger partial charge in [0.1, 0.15) is 17.3 Å². The van der Waals surface area contributed by atoms with E-state index in [1.807, 2.05) is 0 Å². The van der Waals surface area contributed by atoms with Crippen molar-refractivity contribution in [3.05, 3.63) is 54.0 Å². The zero-order valence-electron chi connectivity index (χ0n) is 13.9. The molecule has 26 heavy (non-hydrogen) atoms. The van der Waals surface area contributed by atoms with Gasteiger partial charge < -0.3 is 19.2 Å². The SMILES string of the molecule is COC(=O)CCc1ccc(/C=C/C(=O)Nc2ccccc2OC(F)F)o1. The van der Waals surface area contributed by atoms with Gasteiger partial charge in [0.25, 0.3) is 0 Å². The standard InChI is InChI=1S/C18H17F2NO5/c1-24-17(23)11-9-13-7-6-12(25-13)8-10-16(22)21-14-4-2-3-5-15(14)26-18(19)20/h2-8,10,18H,9,11H2,1H3,(H,21,22)/b10-8+. The van der Waals surface area contributed by atoms with Crippen LogP contribution in [0.15, 0.2) is 46.9 Å². The minimum absolute atomic E-state index is 0.126. The summed E-state index contributed by atoms with van der Waals surface area (Å²) in [6.07, 6.45) is 3.19. The monoisotopic (exact) mass is 365 g/mol. The first-order valence-electron chi connectivity index (χ1n) is 7.66. The van der Waals surface area contributed by atoms with Crippen LogP contribution in [0.4, 0.5) is 14.5 Å². The normalized spacial score (nSPS) is 10.9. The van der Waals surface area contributed by atoms with Crippen LogP contribution >= 0.6 is 0 Å². The molecule has 0 spiro atoms. The molecular formula is C18H17F2NO5. The van der Waals surface area contributed by atoms with Crippen molar-refractivity contribution in [2.75, 3.05) is 12.4 Å². The van der Waals surface area contributed by atoms with E-state index < -0.39 is 12.5 Å². The Labute approximate surface area is 148 Å². The first-order valence-corrected chi connectivity index (χ1v) is 7.66. The summed E-state index contributed by atoms with van der Waals surface area (Å²) >= 11 is 0. The quantitative estimate of drug-likeness (QED) is 0.571. The highest BCUT2D eigenvalue weighted by atomic mass is 19.3. The zero-order chi connectivity index (χ0) is 18.9. The molecule has 2 rings (SSSR count). The van der Waals surface area contributed by atoms with Gasteiger partial charge in [-0.3, -0.25) is 9.59 Å². The molecule has 0 aliphatic rings. The van der Waals surface area contributed by atoms with E-state index in [1.165, 1.54) is 37.5 Å². The number of aryl methyl sites for hydroxylation is 1. The largest absolute Gasteiger partial charge is 0.469 e. The Hall–Kier alpha value is -3.16. The molecule has 6 nitrogen and oxygen atoms in total. The van der Waals surface area contributed by atoms with Crippen molar-refractivity contribution in [3.8, 4) is 5.75 Å². The number of benzene rings is 1. The maximum atomic E-state index is 12.4. The van der Waals surface area contributed by atoms with E-state index in [4.69, 9.17) is 4.42 Å². The van der Waals surface area contributed by atoms with Crippen LogP contribution in [-0.2, 0) is 20.7 Å². The van der Waals surface area contributed by atoms with E-state index in [0.717, 1.165) is 0 Å². The summed E-state index contributed by atoms with van der Waals surface area (Å²) in [6.45, 7) is -2.99. The lowest BCUT2D eigenvalue weighted by Crippen LogP contribution is -2.11. The number of halogens is 2. The Morgan fingerprint density at radius 1 is 1.23 bits per heavy atom. The third-order valence-electron chi connectivity index (χ3n) is 3.25. The molecule has 2 aromatic rings. The molecular weight excluding hydrogens is 348 g/mol. The summed E-state index contributed by atoms with van der Waals surface area (Å²) in [4.78, 5) is 23.0. The molecule has 8 heteroatoms. The molecule has 0 saturated carbocycles. The van der Waals surface area contributed by atoms with E-state index in [0.29, 0.717) is 17.9 Å². The van der Waals surface area contributed by atoms with Crippen LogP contribution in [0.1, 0.15) is 17.9 Å². The summed E-state index contributed by atoms with van der Waals surface area (Å²) in [5.74, 6) is -0.0269. The smallest absolute Gasteiger partial charge is 0.387 e. The second kappa shape index (κ2) is 9.36. The molecule has 1 N–H and O–H groups in total. The first kappa shape index (κ1) is 19.2. The average molecular weight is 365 g/mol. The fourth-order valence-corrected chi connectivity index (χ4v) is 2.05. The number of furan rings is 1. The van der Waals surface area contributed by atoms with Gasteiger partial charge in [-0.15, -0.1) is 0 Å². The number of hydrogen-bond acceptors (Lipinski definition) is 5. The van der Waals surface area contributed by atoms with Crippen molar-refractivity contribution in [2.24, 2.45) is 0 Å². The van der Waals surface area contributed by atoms with Gasteiger partial charge in [0.05, 0.1) is 19.2 Å². The lowest BCUT2D eigenvalue weighted by Gasteiger charge is -2.10. The van der Waals surface area contributed by atoms with E-state index in [-0.39, 0.29) is 23.8 Å². The van der Waals surface area contributed by atoms with Gasteiger partial charge in [0, 0.05) is 12.5 Å². The molecule has 0 fully saturated rings. The van der Waals surface area contributed by atoms with E-state index in [2.05, 4.69) is 14.8 Å². The second-order valence-electron chi connectivity index (χ2n) is 5.08. The molecule has 0 unspecified atom stereocenters. The number of hydrogen-bond donors (Lipinski definition) is 1. The van der Waals surface area contributed by atoms with Gasteiger partial charge >= 0.3 is 12.6 Å². The summed E-state index contributed by atoms with van der Waals surface area (Å²) < 4.78 is 39.0. The highest BCUT2D eigenvalue weighted by Crippen LogP contribution is 2.25. The predicted octanol–water partition coefficient (Wildman–Crippen LogP) is 3.64. The van der Waals surface area contributed by atoms with Crippen molar-refractivity contribution in [2.45, 2.75) is 19.5 Å². The van der Waals surface area contributed by atoms with Crippen LogP contribution in [-0.4, -0.2) is 25.6 Å². The Kier molecular flexibility index (Phi) is 6.90. The van der Waals surface area contributed by atoms with Gasteiger partial charge in [-0.2, -0.15) is 8.78 Å². The van der Waals surface area contributed by atoms with Crippen molar-refractivity contribution >= 4 is 23.6 Å². The fourth-order valence-electron chi connectivity index (χ4n) is 2.05. The van der Waals surface area contributed by atoms with Gasteiger partial charge in [0.2, 0.25) is 5.91 Å². The van der Waals surface area contributed by atoms with Gasteiger partial charge in [0.15, 0.2) is 0 Å². The fraction of sp³-hybridized carbons (Fsp3) is 0.222. The van der Waals surface area contributed by atoms with Gasteiger partial charge in [-0.05, 0) is 30.3 Å². The molecule has 0 aliphatic carbocycles. The van der Waals surface area contributed by atoms with E-state index in [1.54, 1.807) is 18.2 Å². The number of carbonyl (C=O) groups excluding carboxylic acids is 2. The molecule has 0 radical (unpaired) electrons. The number of para-hydroxylation sites is 2. The number of nitrogens with one attached hydrogen (secondary N) is 1. The summed E-state index contributed by atoms with van der Waals surface area (Å²) in [7, 11) is 1.31. The number of methoxy groups -OCH3 is 1. The van der Waals surface area contributed by atoms with Crippen LogP contribution in [0, 0.1) is 0 Å². The first-order chi connectivity index (χ1) is 12.5. The third kappa shape index (κ3) is 6.04. The van der Waals surface area contributed by atoms with Crippen LogP contribution in [0.25, 0.3) is 6.08 Å². The molecule has 1 aromatic heterocycles. The molecule has 0 atom stereocenters. The Morgan fingerprint density at radius 3 is 2.73 bits per heavy atom. The Bertz CT molecular complexity index is 785. The molecule has 1 heterocycles. The lowest BCUT2D eigenvalue weighted by atomic mass is 10.2. The van der Waals surface area contributed by atoms with Crippen LogP contribution in [0.5, 0.6) is 5.75 Å². The highest BCUT2D eigenvalue weighted by molar-refractivity contribution is 6.02. The molecule has 0 bridgehead atoms. The van der Waals surface area contributed by atoms with Crippen molar-refractivity contribution in [3.63, 3.8) is 0 Å². The van der Waals surface area contributed by atoms with Gasteiger partial charge in [-0.1, -0.05) is 12.1 Å². The number of anilines is 1. The van der Waals surface area contributed by atoms with Gasteiger partial charge in [-0.25, -0.2) is 0 Å². The molecule has 138 valence electrons. The van der Waals surface area contributed by atoms with E-state index in [9.17, 15) is 18.4 Å². The average Bonchev–Trinajstić information content (AvgIpc) is 3.07. The predicted molar refractivity (Wildman–Crippen MR) is 89.8 cm³/mol. The third-order valence-corrected chi connectivity index (χ3v) is 3.25. The van der Waals surface area contributed by atoms with Crippen molar-refractivity contribution in [1.29, 1.82) is 0 Å². The highest BCUT2D eigenvalue weighted by Gasteiger charge is 2.10. The number of alkyl halides is 2. The maximum absolute atomic E-state index is 12.4. The molecule has 1 amide bonds. The van der Waals surface area contributed by atoms with Crippen LogP contribution < -0.4 is 10.1 Å². The summed E-state index contributed by atoms with van der Waals surface area (Å²) in [5, 5.41) is 2.45. The number of rotatable bonds is 8. The number of carbonyl (C=O) groups is 2. The zero-order valence-corrected chi connectivity index (χ0v) is 13.9. The molecule has 1 aromatic carbocycles. The number of ether oxygens (including phenoxy) is 2. The summed E-state index contributed by atoms with van der Waals surface area (Å²) in [6, 6.07) is 9.20. The second-order valence-corrected chi connectivity index (χ2v) is 5.08. The number of esters is 1. The molecule has 0 saturated heterocycles. The van der Waals surface area contributed by atoms with Crippen molar-refractivity contribution < 1.29 is 32.3 Å². The molecule has 0 aliphatic heterocycles. The Balaban J connectivity index is 1.94. The maximum Gasteiger partial charge on any atom is 0.387 e. The van der Waals surface area contributed by atoms with Crippen molar-refractivity contribution in [1.82, 2.24) is 0 Å². The summed E-state index contributed by atoms with van der Waals surface area (Å²) in [5.41, 5.74) is 0.126.